The van der Waals surface area contributed by atoms with Gasteiger partial charge in [-0.25, -0.2) is 0 Å². The van der Waals surface area contributed by atoms with Crippen molar-refractivity contribution >= 4 is 17.5 Å². The second-order valence-electron chi connectivity index (χ2n) is 4.55. The van der Waals surface area contributed by atoms with Crippen LogP contribution in [0, 0.1) is 0 Å². The minimum absolute atomic E-state index is 0.00386. The molecule has 0 saturated carbocycles. The van der Waals surface area contributed by atoms with Crippen LogP contribution in [0.4, 0.5) is 5.69 Å². The normalized spacial score (nSPS) is 23.6. The topological polar surface area (TPSA) is 58.6 Å². The number of rotatable bonds is 1. The average Bonchev–Trinajstić information content (AvgIpc) is 2.38. The molecule has 1 N–H and O–H groups in total. The Kier molecular flexibility index (Phi) is 2.76. The van der Waals surface area contributed by atoms with E-state index >= 15 is 0 Å². The molecule has 5 heteroatoms. The fourth-order valence-electron chi connectivity index (χ4n) is 2.52. The number of imide groups is 1. The van der Waals surface area contributed by atoms with E-state index in [0.717, 1.165) is 11.3 Å². The van der Waals surface area contributed by atoms with Crippen LogP contribution in [-0.2, 0) is 20.7 Å². The van der Waals surface area contributed by atoms with Gasteiger partial charge in [-0.2, -0.15) is 0 Å². The molecule has 5 nitrogen and oxygen atoms in total. The monoisotopic (exact) mass is 246 g/mol. The van der Waals surface area contributed by atoms with Gasteiger partial charge in [0.25, 0.3) is 11.8 Å². The van der Waals surface area contributed by atoms with E-state index in [1.54, 1.807) is 0 Å². The van der Waals surface area contributed by atoms with Crippen molar-refractivity contribution in [2.45, 2.75) is 12.5 Å². The molecule has 2 amide bonds. The highest BCUT2D eigenvalue weighted by atomic mass is 16.5. The van der Waals surface area contributed by atoms with Crippen molar-refractivity contribution < 1.29 is 14.3 Å². The summed E-state index contributed by atoms with van der Waals surface area (Å²) in [7, 11) is 0. The fraction of sp³-hybridized carbons (Fsp3) is 0.385. The van der Waals surface area contributed by atoms with E-state index in [0.29, 0.717) is 13.0 Å². The van der Waals surface area contributed by atoms with Crippen LogP contribution in [0.25, 0.3) is 0 Å². The van der Waals surface area contributed by atoms with Gasteiger partial charge in [0.2, 0.25) is 0 Å². The largest absolute Gasteiger partial charge is 0.383 e. The number of benzene rings is 1. The Morgan fingerprint density at radius 1 is 1.17 bits per heavy atom. The van der Waals surface area contributed by atoms with Crippen molar-refractivity contribution in [1.29, 1.82) is 0 Å². The molecule has 0 spiro atoms. The van der Waals surface area contributed by atoms with Gasteiger partial charge in [0.05, 0.1) is 6.04 Å². The summed E-state index contributed by atoms with van der Waals surface area (Å²) in [5.74, 6) is -0.477. The molecule has 2 aliphatic rings. The summed E-state index contributed by atoms with van der Waals surface area (Å²) in [5.41, 5.74) is 2.22. The van der Waals surface area contributed by atoms with E-state index in [1.165, 1.54) is 4.90 Å². The van der Waals surface area contributed by atoms with Crippen molar-refractivity contribution in [2.75, 3.05) is 25.1 Å². The zero-order chi connectivity index (χ0) is 12.5. The van der Waals surface area contributed by atoms with Crippen LogP contribution in [0.1, 0.15) is 5.56 Å². The summed E-state index contributed by atoms with van der Waals surface area (Å²) in [4.78, 5) is 24.9. The standard InChI is InChI=1S/C13H14N2O3/c16-12-7-18-8-13(17)15(12)10-5-9-3-1-2-4-11(9)14-6-10/h1-4,10,14H,5-8H2. The number of para-hydroxylation sites is 1. The van der Waals surface area contributed by atoms with Gasteiger partial charge in [0.15, 0.2) is 0 Å². The number of amides is 2. The lowest BCUT2D eigenvalue weighted by Gasteiger charge is -2.36. The molecule has 0 aliphatic carbocycles. The highest BCUT2D eigenvalue weighted by Gasteiger charge is 2.34. The van der Waals surface area contributed by atoms with Gasteiger partial charge < -0.3 is 10.1 Å². The molecule has 0 bridgehead atoms. The van der Waals surface area contributed by atoms with Gasteiger partial charge in [-0.3, -0.25) is 14.5 Å². The predicted molar refractivity (Wildman–Crippen MR) is 65.1 cm³/mol. The van der Waals surface area contributed by atoms with Crippen LogP contribution in [0.15, 0.2) is 24.3 Å². The summed E-state index contributed by atoms with van der Waals surface area (Å²) < 4.78 is 4.92. The summed E-state index contributed by atoms with van der Waals surface area (Å²) in [6.07, 6.45) is 0.709. The number of hydrogen-bond acceptors (Lipinski definition) is 4. The highest BCUT2D eigenvalue weighted by Crippen LogP contribution is 2.24. The highest BCUT2D eigenvalue weighted by molar-refractivity contribution is 5.98. The third-order valence-corrected chi connectivity index (χ3v) is 3.35. The third kappa shape index (κ3) is 1.86. The van der Waals surface area contributed by atoms with Crippen molar-refractivity contribution in [3.8, 4) is 0 Å². The first kappa shape index (κ1) is 11.2. The Balaban J connectivity index is 1.83. The average molecular weight is 246 g/mol. The van der Waals surface area contributed by atoms with E-state index in [1.807, 2.05) is 24.3 Å². The molecule has 94 valence electrons. The van der Waals surface area contributed by atoms with Crippen molar-refractivity contribution in [1.82, 2.24) is 4.90 Å². The first-order valence-electron chi connectivity index (χ1n) is 6.00. The molecule has 2 aliphatic heterocycles. The predicted octanol–water partition coefficient (Wildman–Crippen LogP) is 0.409. The molecule has 1 saturated heterocycles. The van der Waals surface area contributed by atoms with E-state index < -0.39 is 0 Å². The number of ether oxygens (including phenoxy) is 1. The van der Waals surface area contributed by atoms with Gasteiger partial charge in [0.1, 0.15) is 13.2 Å². The van der Waals surface area contributed by atoms with E-state index in [4.69, 9.17) is 4.74 Å². The zero-order valence-corrected chi connectivity index (χ0v) is 9.89. The van der Waals surface area contributed by atoms with Gasteiger partial charge >= 0.3 is 0 Å². The van der Waals surface area contributed by atoms with Crippen LogP contribution in [-0.4, -0.2) is 42.5 Å². The number of fused-ring (bicyclic) bond motifs is 1. The molecule has 1 unspecified atom stereocenters. The third-order valence-electron chi connectivity index (χ3n) is 3.35. The van der Waals surface area contributed by atoms with Crippen LogP contribution in [0.2, 0.25) is 0 Å². The maximum atomic E-state index is 11.8. The number of carbonyl (C=O) groups excluding carboxylic acids is 2. The van der Waals surface area contributed by atoms with E-state index in [-0.39, 0.29) is 31.1 Å². The number of nitrogens with one attached hydrogen (secondary N) is 1. The van der Waals surface area contributed by atoms with E-state index in [2.05, 4.69) is 5.32 Å². The van der Waals surface area contributed by atoms with Gasteiger partial charge in [-0.1, -0.05) is 18.2 Å². The van der Waals surface area contributed by atoms with Gasteiger partial charge in [-0.05, 0) is 18.1 Å². The van der Waals surface area contributed by atoms with Crippen LogP contribution in [0.5, 0.6) is 0 Å². The molecule has 1 aromatic carbocycles. The van der Waals surface area contributed by atoms with Crippen LogP contribution < -0.4 is 5.32 Å². The maximum absolute atomic E-state index is 11.8. The van der Waals surface area contributed by atoms with Crippen LogP contribution in [0.3, 0.4) is 0 Å². The second-order valence-corrected chi connectivity index (χ2v) is 4.55. The Labute approximate surface area is 105 Å². The Morgan fingerprint density at radius 3 is 2.67 bits per heavy atom. The first-order valence-corrected chi connectivity index (χ1v) is 6.00. The lowest BCUT2D eigenvalue weighted by Crippen LogP contribution is -2.55. The molecule has 2 heterocycles. The first-order chi connectivity index (χ1) is 8.75. The summed E-state index contributed by atoms with van der Waals surface area (Å²) >= 11 is 0. The van der Waals surface area contributed by atoms with E-state index in [9.17, 15) is 9.59 Å². The van der Waals surface area contributed by atoms with Crippen molar-refractivity contribution in [2.24, 2.45) is 0 Å². The molecular formula is C13H14N2O3. The molecular weight excluding hydrogens is 232 g/mol. The summed E-state index contributed by atoms with van der Waals surface area (Å²) in [6, 6.07) is 7.85. The zero-order valence-electron chi connectivity index (χ0n) is 9.89. The lowest BCUT2D eigenvalue weighted by molar-refractivity contribution is -0.161. The molecule has 1 aromatic rings. The second kappa shape index (κ2) is 4.42. The minimum atomic E-state index is -0.238. The van der Waals surface area contributed by atoms with Crippen LogP contribution >= 0.6 is 0 Å². The Hall–Kier alpha value is -1.88. The number of morpholine rings is 1. The number of anilines is 1. The number of nitrogens with zero attached hydrogens (tertiary/aromatic N) is 1. The fourth-order valence-corrected chi connectivity index (χ4v) is 2.52. The minimum Gasteiger partial charge on any atom is -0.383 e. The maximum Gasteiger partial charge on any atom is 0.255 e. The van der Waals surface area contributed by atoms with Gasteiger partial charge in [-0.15, -0.1) is 0 Å². The lowest BCUT2D eigenvalue weighted by atomic mass is 9.98. The molecule has 18 heavy (non-hydrogen) atoms. The molecule has 0 radical (unpaired) electrons. The number of carbonyl (C=O) groups is 2. The van der Waals surface area contributed by atoms with Crippen molar-refractivity contribution in [3.05, 3.63) is 29.8 Å². The number of hydrogen-bond donors (Lipinski definition) is 1. The van der Waals surface area contributed by atoms with Gasteiger partial charge in [0, 0.05) is 12.2 Å². The molecule has 0 aromatic heterocycles. The SMILES string of the molecule is O=C1COCC(=O)N1C1CNc2ccccc2C1. The molecule has 1 atom stereocenters. The van der Waals surface area contributed by atoms with Crippen molar-refractivity contribution in [3.63, 3.8) is 0 Å². The summed E-state index contributed by atoms with van der Waals surface area (Å²) in [6.45, 7) is 0.613. The molecule has 1 fully saturated rings. The quantitative estimate of drug-likeness (QED) is 0.729. The Morgan fingerprint density at radius 2 is 1.89 bits per heavy atom. The summed E-state index contributed by atoms with van der Waals surface area (Å²) in [5, 5.41) is 3.26. The molecule has 3 rings (SSSR count). The smallest absolute Gasteiger partial charge is 0.255 e. The Bertz CT molecular complexity index is 485.